The van der Waals surface area contributed by atoms with E-state index in [9.17, 15) is 4.79 Å². The Hall–Kier alpha value is -1.88. The number of amides is 1. The SMILES string of the molecule is CCN(C(=O)OCc1ccccc1)[C@H](C)c1nc(C2CC2)cs1. The summed E-state index contributed by atoms with van der Waals surface area (Å²) >= 11 is 1.64. The Morgan fingerprint density at radius 1 is 1.39 bits per heavy atom. The molecular formula is C18H22N2O2S. The monoisotopic (exact) mass is 330 g/mol. The molecule has 0 aliphatic heterocycles. The van der Waals surface area contributed by atoms with Crippen molar-refractivity contribution in [2.45, 2.75) is 45.3 Å². The van der Waals surface area contributed by atoms with Crippen LogP contribution < -0.4 is 0 Å². The van der Waals surface area contributed by atoms with Crippen LogP contribution in [-0.4, -0.2) is 22.5 Å². The molecule has 3 rings (SSSR count). The fourth-order valence-corrected chi connectivity index (χ4v) is 3.52. The van der Waals surface area contributed by atoms with Gasteiger partial charge in [-0.1, -0.05) is 30.3 Å². The smallest absolute Gasteiger partial charge is 0.410 e. The predicted molar refractivity (Wildman–Crippen MR) is 91.5 cm³/mol. The van der Waals surface area contributed by atoms with Gasteiger partial charge in [0.05, 0.1) is 11.7 Å². The van der Waals surface area contributed by atoms with E-state index in [1.165, 1.54) is 18.5 Å². The molecule has 4 nitrogen and oxygen atoms in total. The van der Waals surface area contributed by atoms with Crippen molar-refractivity contribution in [1.82, 2.24) is 9.88 Å². The highest BCUT2D eigenvalue weighted by atomic mass is 32.1. The normalized spacial score (nSPS) is 15.2. The van der Waals surface area contributed by atoms with Gasteiger partial charge in [0.1, 0.15) is 11.6 Å². The number of rotatable bonds is 6. The average molecular weight is 330 g/mol. The third-order valence-electron chi connectivity index (χ3n) is 4.14. The van der Waals surface area contributed by atoms with Gasteiger partial charge in [0, 0.05) is 17.8 Å². The van der Waals surface area contributed by atoms with Crippen LogP contribution in [0.25, 0.3) is 0 Å². The lowest BCUT2D eigenvalue weighted by atomic mass is 10.2. The summed E-state index contributed by atoms with van der Waals surface area (Å²) in [4.78, 5) is 18.8. The highest BCUT2D eigenvalue weighted by molar-refractivity contribution is 7.09. The third-order valence-corrected chi connectivity index (χ3v) is 5.17. The van der Waals surface area contributed by atoms with Gasteiger partial charge in [0.25, 0.3) is 0 Å². The van der Waals surface area contributed by atoms with Crippen LogP contribution in [0.15, 0.2) is 35.7 Å². The van der Waals surface area contributed by atoms with Gasteiger partial charge in [-0.2, -0.15) is 0 Å². The second-order valence-corrected chi connectivity index (χ2v) is 6.78. The van der Waals surface area contributed by atoms with E-state index in [2.05, 4.69) is 5.38 Å². The molecule has 1 heterocycles. The maximum atomic E-state index is 12.4. The molecule has 0 spiro atoms. The molecule has 2 aromatic rings. The van der Waals surface area contributed by atoms with E-state index in [4.69, 9.17) is 9.72 Å². The minimum atomic E-state index is -0.285. The summed E-state index contributed by atoms with van der Waals surface area (Å²) in [5.74, 6) is 0.646. The van der Waals surface area contributed by atoms with Gasteiger partial charge in [0.15, 0.2) is 0 Å². The number of aromatic nitrogens is 1. The van der Waals surface area contributed by atoms with Crippen molar-refractivity contribution >= 4 is 17.4 Å². The number of carbonyl (C=O) groups excluding carboxylic acids is 1. The maximum absolute atomic E-state index is 12.4. The first-order valence-electron chi connectivity index (χ1n) is 8.11. The zero-order valence-corrected chi connectivity index (χ0v) is 14.4. The summed E-state index contributed by atoms with van der Waals surface area (Å²) in [6, 6.07) is 9.69. The molecule has 0 bridgehead atoms. The zero-order valence-electron chi connectivity index (χ0n) is 13.6. The summed E-state index contributed by atoms with van der Waals surface area (Å²) in [7, 11) is 0. The number of nitrogens with zero attached hydrogens (tertiary/aromatic N) is 2. The van der Waals surface area contributed by atoms with Gasteiger partial charge in [-0.3, -0.25) is 4.90 Å². The molecule has 0 radical (unpaired) electrons. The molecule has 1 atom stereocenters. The Bertz CT molecular complexity index is 652. The van der Waals surface area contributed by atoms with E-state index in [-0.39, 0.29) is 12.1 Å². The van der Waals surface area contributed by atoms with Gasteiger partial charge in [-0.25, -0.2) is 9.78 Å². The van der Waals surface area contributed by atoms with Crippen LogP contribution in [0.2, 0.25) is 0 Å². The molecule has 0 unspecified atom stereocenters. The highest BCUT2D eigenvalue weighted by Gasteiger charge is 2.29. The lowest BCUT2D eigenvalue weighted by molar-refractivity contribution is 0.0852. The standard InChI is InChI=1S/C18H22N2O2S/c1-3-20(18(21)22-11-14-7-5-4-6-8-14)13(2)17-19-16(12-23-17)15-9-10-15/h4-8,12-13,15H,3,9-11H2,1-2H3/t13-/m1/s1. The molecule has 1 fully saturated rings. The molecular weight excluding hydrogens is 308 g/mol. The number of hydrogen-bond acceptors (Lipinski definition) is 4. The van der Waals surface area contributed by atoms with Crippen molar-refractivity contribution in [2.24, 2.45) is 0 Å². The molecule has 0 N–H and O–H groups in total. The minimum Gasteiger partial charge on any atom is -0.445 e. The Balaban J connectivity index is 1.61. The lowest BCUT2D eigenvalue weighted by Crippen LogP contribution is -2.33. The van der Waals surface area contributed by atoms with Crippen LogP contribution in [0.5, 0.6) is 0 Å². The maximum Gasteiger partial charge on any atom is 0.410 e. The molecule has 23 heavy (non-hydrogen) atoms. The van der Waals surface area contributed by atoms with Crippen LogP contribution >= 0.6 is 11.3 Å². The molecule has 1 aromatic heterocycles. The molecule has 1 aromatic carbocycles. The summed E-state index contributed by atoms with van der Waals surface area (Å²) in [5.41, 5.74) is 2.18. The highest BCUT2D eigenvalue weighted by Crippen LogP contribution is 2.41. The summed E-state index contributed by atoms with van der Waals surface area (Å²) in [6.07, 6.45) is 2.20. The second kappa shape index (κ2) is 7.13. The third kappa shape index (κ3) is 3.91. The Morgan fingerprint density at radius 2 is 2.13 bits per heavy atom. The molecule has 1 saturated carbocycles. The molecule has 5 heteroatoms. The van der Waals surface area contributed by atoms with E-state index >= 15 is 0 Å². The summed E-state index contributed by atoms with van der Waals surface area (Å²) in [5, 5.41) is 3.12. The largest absolute Gasteiger partial charge is 0.445 e. The van der Waals surface area contributed by atoms with Crippen molar-refractivity contribution < 1.29 is 9.53 Å². The summed E-state index contributed by atoms with van der Waals surface area (Å²) in [6.45, 7) is 4.89. The molecule has 122 valence electrons. The molecule has 1 amide bonds. The predicted octanol–water partition coefficient (Wildman–Crippen LogP) is 4.74. The molecule has 0 saturated heterocycles. The van der Waals surface area contributed by atoms with Crippen LogP contribution in [0.4, 0.5) is 4.79 Å². The van der Waals surface area contributed by atoms with Crippen LogP contribution in [-0.2, 0) is 11.3 Å². The number of thiazole rings is 1. The van der Waals surface area contributed by atoms with Crippen molar-refractivity contribution in [3.8, 4) is 0 Å². The Labute approximate surface area is 141 Å². The number of carbonyl (C=O) groups is 1. The van der Waals surface area contributed by atoms with Crippen molar-refractivity contribution in [1.29, 1.82) is 0 Å². The molecule has 1 aliphatic carbocycles. The van der Waals surface area contributed by atoms with Crippen LogP contribution in [0, 0.1) is 0 Å². The summed E-state index contributed by atoms with van der Waals surface area (Å²) < 4.78 is 5.45. The van der Waals surface area contributed by atoms with Gasteiger partial charge in [-0.05, 0) is 32.3 Å². The van der Waals surface area contributed by atoms with Crippen LogP contribution in [0.1, 0.15) is 54.9 Å². The second-order valence-electron chi connectivity index (χ2n) is 5.89. The van der Waals surface area contributed by atoms with E-state index < -0.39 is 0 Å². The van der Waals surface area contributed by atoms with Crippen molar-refractivity contribution in [3.05, 3.63) is 52.0 Å². The first kappa shape index (κ1) is 16.0. The first-order chi connectivity index (χ1) is 11.2. The van der Waals surface area contributed by atoms with E-state index in [1.807, 2.05) is 44.2 Å². The molecule has 1 aliphatic rings. The van der Waals surface area contributed by atoms with Crippen molar-refractivity contribution in [3.63, 3.8) is 0 Å². The lowest BCUT2D eigenvalue weighted by Gasteiger charge is -2.25. The van der Waals surface area contributed by atoms with Crippen LogP contribution in [0.3, 0.4) is 0 Å². The van der Waals surface area contributed by atoms with Gasteiger partial charge < -0.3 is 4.74 Å². The van der Waals surface area contributed by atoms with Crippen molar-refractivity contribution in [2.75, 3.05) is 6.54 Å². The topological polar surface area (TPSA) is 42.4 Å². The fraction of sp³-hybridized carbons (Fsp3) is 0.444. The number of ether oxygens (including phenoxy) is 1. The quantitative estimate of drug-likeness (QED) is 0.768. The first-order valence-corrected chi connectivity index (χ1v) is 8.99. The number of hydrogen-bond donors (Lipinski definition) is 0. The zero-order chi connectivity index (χ0) is 16.2. The van der Waals surface area contributed by atoms with E-state index in [0.717, 1.165) is 10.6 Å². The van der Waals surface area contributed by atoms with E-state index in [0.29, 0.717) is 19.1 Å². The Kier molecular flexibility index (Phi) is 4.96. The van der Waals surface area contributed by atoms with Gasteiger partial charge >= 0.3 is 6.09 Å². The average Bonchev–Trinajstić information content (AvgIpc) is 3.31. The Morgan fingerprint density at radius 3 is 2.78 bits per heavy atom. The fourth-order valence-electron chi connectivity index (χ4n) is 2.56. The minimum absolute atomic E-state index is 0.0548. The van der Waals surface area contributed by atoms with Gasteiger partial charge in [-0.15, -0.1) is 11.3 Å². The van der Waals surface area contributed by atoms with Gasteiger partial charge in [0.2, 0.25) is 0 Å². The number of benzene rings is 1. The van der Waals surface area contributed by atoms with E-state index in [1.54, 1.807) is 16.2 Å².